The summed E-state index contributed by atoms with van der Waals surface area (Å²) in [6, 6.07) is 5.89. The zero-order valence-electron chi connectivity index (χ0n) is 9.47. The molecule has 0 aromatic heterocycles. The lowest BCUT2D eigenvalue weighted by Gasteiger charge is -2.19. The molecule has 2 rings (SSSR count). The molecular formula is C12H11NO3S. The van der Waals surface area contributed by atoms with Gasteiger partial charge < -0.3 is 0 Å². The van der Waals surface area contributed by atoms with Crippen LogP contribution in [0.15, 0.2) is 24.3 Å². The predicted octanol–water partition coefficient (Wildman–Crippen LogP) is 1.56. The summed E-state index contributed by atoms with van der Waals surface area (Å²) < 4.78 is 0. The highest BCUT2D eigenvalue weighted by Gasteiger charge is 2.40. The van der Waals surface area contributed by atoms with Crippen LogP contribution in [0.3, 0.4) is 0 Å². The second-order valence-corrected chi connectivity index (χ2v) is 4.54. The first kappa shape index (κ1) is 11.9. The number of rotatable bonds is 2. The number of carbonyl (C=O) groups excluding carboxylic acids is 3. The maximum Gasteiger partial charge on any atom is 0.262 e. The maximum atomic E-state index is 12.0. The highest BCUT2D eigenvalue weighted by molar-refractivity contribution is 8.13. The molecule has 0 fully saturated rings. The smallest absolute Gasteiger partial charge is 0.262 e. The van der Waals surface area contributed by atoms with Gasteiger partial charge in [-0.3, -0.25) is 19.3 Å². The van der Waals surface area contributed by atoms with Crippen LogP contribution in [-0.4, -0.2) is 34.1 Å². The molecule has 2 amide bonds. The van der Waals surface area contributed by atoms with Crippen molar-refractivity contribution in [1.82, 2.24) is 4.90 Å². The molecule has 0 spiro atoms. The molecule has 17 heavy (non-hydrogen) atoms. The maximum absolute atomic E-state index is 12.0. The Morgan fingerprint density at radius 3 is 2.06 bits per heavy atom. The van der Waals surface area contributed by atoms with Gasteiger partial charge in [-0.1, -0.05) is 23.9 Å². The van der Waals surface area contributed by atoms with E-state index in [1.807, 2.05) is 0 Å². The lowest BCUT2D eigenvalue weighted by molar-refractivity contribution is -0.114. The van der Waals surface area contributed by atoms with E-state index >= 15 is 0 Å². The number of nitrogens with zero attached hydrogens (tertiary/aromatic N) is 1. The van der Waals surface area contributed by atoms with Crippen molar-refractivity contribution in [3.63, 3.8) is 0 Å². The fourth-order valence-corrected chi connectivity index (χ4v) is 2.28. The Morgan fingerprint density at radius 2 is 1.65 bits per heavy atom. The van der Waals surface area contributed by atoms with E-state index in [2.05, 4.69) is 0 Å². The van der Waals surface area contributed by atoms with Crippen LogP contribution in [0.5, 0.6) is 0 Å². The standard InChI is InChI=1S/C12H11NO3S/c1-7(12(16)17-2)13-10(14)8-5-3-4-6-9(8)11(13)15/h3-7H,1-2H3. The van der Waals surface area contributed by atoms with Crippen LogP contribution in [-0.2, 0) is 4.79 Å². The summed E-state index contributed by atoms with van der Waals surface area (Å²) in [5.74, 6) is -0.777. The number of carbonyl (C=O) groups is 3. The van der Waals surface area contributed by atoms with Crippen molar-refractivity contribution in [2.75, 3.05) is 6.26 Å². The summed E-state index contributed by atoms with van der Waals surface area (Å²) in [7, 11) is 0. The molecular weight excluding hydrogens is 238 g/mol. The van der Waals surface area contributed by atoms with Crippen LogP contribution < -0.4 is 0 Å². The molecule has 1 heterocycles. The average Bonchev–Trinajstić information content (AvgIpc) is 2.61. The number of benzene rings is 1. The monoisotopic (exact) mass is 249 g/mol. The molecule has 0 saturated carbocycles. The SMILES string of the molecule is CSC(=O)C(C)N1C(=O)c2ccccc2C1=O. The Labute approximate surface area is 103 Å². The van der Waals surface area contributed by atoms with Gasteiger partial charge in [-0.05, 0) is 25.3 Å². The molecule has 1 aromatic rings. The van der Waals surface area contributed by atoms with Gasteiger partial charge in [-0.2, -0.15) is 0 Å². The molecule has 0 N–H and O–H groups in total. The number of fused-ring (bicyclic) bond motifs is 1. The lowest BCUT2D eigenvalue weighted by atomic mass is 10.1. The van der Waals surface area contributed by atoms with Crippen molar-refractivity contribution in [3.05, 3.63) is 35.4 Å². The number of hydrogen-bond acceptors (Lipinski definition) is 4. The molecule has 88 valence electrons. The van der Waals surface area contributed by atoms with E-state index in [1.165, 1.54) is 0 Å². The summed E-state index contributed by atoms with van der Waals surface area (Å²) in [5, 5.41) is -0.195. The van der Waals surface area contributed by atoms with Gasteiger partial charge in [0.1, 0.15) is 6.04 Å². The predicted molar refractivity (Wildman–Crippen MR) is 64.9 cm³/mol. The summed E-state index contributed by atoms with van der Waals surface area (Å²) in [4.78, 5) is 36.6. The second-order valence-electron chi connectivity index (χ2n) is 3.73. The first-order valence-corrected chi connectivity index (χ1v) is 6.35. The highest BCUT2D eigenvalue weighted by Crippen LogP contribution is 2.25. The van der Waals surface area contributed by atoms with Crippen LogP contribution in [0.4, 0.5) is 0 Å². The Balaban J connectivity index is 2.40. The molecule has 1 aliphatic rings. The van der Waals surface area contributed by atoms with Gasteiger partial charge in [0.15, 0.2) is 0 Å². The quantitative estimate of drug-likeness (QED) is 0.746. The number of thioether (sulfide) groups is 1. The Bertz CT molecular complexity index is 477. The molecule has 1 aromatic carbocycles. The Hall–Kier alpha value is -1.62. The van der Waals surface area contributed by atoms with E-state index in [4.69, 9.17) is 0 Å². The topological polar surface area (TPSA) is 54.5 Å². The van der Waals surface area contributed by atoms with E-state index in [1.54, 1.807) is 37.4 Å². The third kappa shape index (κ3) is 1.76. The lowest BCUT2D eigenvalue weighted by Crippen LogP contribution is -2.41. The molecule has 0 saturated heterocycles. The largest absolute Gasteiger partial charge is 0.285 e. The molecule has 1 unspecified atom stereocenters. The average molecular weight is 249 g/mol. The van der Waals surface area contributed by atoms with E-state index in [0.717, 1.165) is 16.7 Å². The number of amides is 2. The van der Waals surface area contributed by atoms with Gasteiger partial charge in [-0.15, -0.1) is 0 Å². The molecule has 0 radical (unpaired) electrons. The van der Waals surface area contributed by atoms with E-state index in [0.29, 0.717) is 11.1 Å². The van der Waals surface area contributed by atoms with Crippen LogP contribution in [0.25, 0.3) is 0 Å². The van der Waals surface area contributed by atoms with Gasteiger partial charge in [0.05, 0.1) is 11.1 Å². The van der Waals surface area contributed by atoms with Crippen LogP contribution >= 0.6 is 11.8 Å². The summed E-state index contributed by atoms with van der Waals surface area (Å²) in [6.07, 6.45) is 1.64. The normalized spacial score (nSPS) is 16.0. The summed E-state index contributed by atoms with van der Waals surface area (Å²) in [6.45, 7) is 1.57. The minimum absolute atomic E-state index is 0.195. The van der Waals surface area contributed by atoms with Crippen molar-refractivity contribution in [2.45, 2.75) is 13.0 Å². The molecule has 0 aliphatic carbocycles. The summed E-state index contributed by atoms with van der Waals surface area (Å²) >= 11 is 1.02. The van der Waals surface area contributed by atoms with Crippen molar-refractivity contribution in [3.8, 4) is 0 Å². The molecule has 0 bridgehead atoms. The first-order chi connectivity index (χ1) is 8.07. The van der Waals surface area contributed by atoms with Gasteiger partial charge in [0.25, 0.3) is 11.8 Å². The van der Waals surface area contributed by atoms with Crippen LogP contribution in [0.2, 0.25) is 0 Å². The van der Waals surface area contributed by atoms with Crippen molar-refractivity contribution < 1.29 is 14.4 Å². The minimum Gasteiger partial charge on any atom is -0.285 e. The zero-order valence-corrected chi connectivity index (χ0v) is 10.3. The molecule has 4 nitrogen and oxygen atoms in total. The van der Waals surface area contributed by atoms with Crippen molar-refractivity contribution in [1.29, 1.82) is 0 Å². The van der Waals surface area contributed by atoms with Gasteiger partial charge >= 0.3 is 0 Å². The van der Waals surface area contributed by atoms with Gasteiger partial charge in [-0.25, -0.2) is 0 Å². The molecule has 5 heteroatoms. The molecule has 1 atom stereocenters. The second kappa shape index (κ2) is 4.33. The first-order valence-electron chi connectivity index (χ1n) is 5.12. The zero-order chi connectivity index (χ0) is 12.6. The highest BCUT2D eigenvalue weighted by atomic mass is 32.2. The van der Waals surface area contributed by atoms with Gasteiger partial charge in [0, 0.05) is 0 Å². The van der Waals surface area contributed by atoms with E-state index in [-0.39, 0.29) is 16.9 Å². The fourth-order valence-electron chi connectivity index (χ4n) is 1.84. The van der Waals surface area contributed by atoms with Crippen molar-refractivity contribution >= 4 is 28.7 Å². The molecule has 1 aliphatic heterocycles. The van der Waals surface area contributed by atoms with Crippen LogP contribution in [0, 0.1) is 0 Å². The summed E-state index contributed by atoms with van der Waals surface area (Å²) in [5.41, 5.74) is 0.747. The van der Waals surface area contributed by atoms with Gasteiger partial charge in [0.2, 0.25) is 5.12 Å². The minimum atomic E-state index is -0.725. The third-order valence-corrected chi connectivity index (χ3v) is 3.50. The fraction of sp³-hybridized carbons (Fsp3) is 0.250. The van der Waals surface area contributed by atoms with Crippen LogP contribution in [0.1, 0.15) is 27.6 Å². The van der Waals surface area contributed by atoms with E-state index in [9.17, 15) is 14.4 Å². The van der Waals surface area contributed by atoms with Crippen molar-refractivity contribution in [2.24, 2.45) is 0 Å². The Morgan fingerprint density at radius 1 is 1.18 bits per heavy atom. The van der Waals surface area contributed by atoms with E-state index < -0.39 is 6.04 Å². The Kier molecular flexibility index (Phi) is 3.02. The number of imide groups is 1. The third-order valence-electron chi connectivity index (χ3n) is 2.76. The number of hydrogen-bond donors (Lipinski definition) is 0.